The van der Waals surface area contributed by atoms with Gasteiger partial charge in [0.2, 0.25) is 0 Å². The van der Waals surface area contributed by atoms with Gasteiger partial charge in [-0.1, -0.05) is 32.6 Å². The van der Waals surface area contributed by atoms with E-state index >= 15 is 0 Å². The highest BCUT2D eigenvalue weighted by Gasteiger charge is 2.30. The number of aliphatic carboxylic acids is 1. The Morgan fingerprint density at radius 1 is 1.05 bits per heavy atom. The number of carboxylic acid groups (broad SMARTS) is 1. The molecular weight excluding hydrogens is 274 g/mol. The molecule has 21 heavy (non-hydrogen) atoms. The van der Waals surface area contributed by atoms with Crippen LogP contribution in [-0.2, 0) is 4.79 Å². The van der Waals surface area contributed by atoms with Gasteiger partial charge in [0.15, 0.2) is 0 Å². The van der Waals surface area contributed by atoms with Crippen molar-refractivity contribution < 1.29 is 29.7 Å². The van der Waals surface area contributed by atoms with Crippen LogP contribution in [0.25, 0.3) is 0 Å². The monoisotopic (exact) mass is 306 g/mol. The van der Waals surface area contributed by atoms with Crippen molar-refractivity contribution in [2.75, 3.05) is 39.4 Å². The van der Waals surface area contributed by atoms with Crippen LogP contribution in [0.3, 0.4) is 0 Å². The van der Waals surface area contributed by atoms with Crippen LogP contribution in [0.2, 0.25) is 0 Å². The third kappa shape index (κ3) is 9.79. The van der Waals surface area contributed by atoms with Crippen molar-refractivity contribution in [3.05, 3.63) is 0 Å². The summed E-state index contributed by atoms with van der Waals surface area (Å²) in [7, 11) is 0. The van der Waals surface area contributed by atoms with E-state index in [4.69, 9.17) is 5.11 Å². The number of carbonyl (C=O) groups is 1. The molecule has 0 saturated carbocycles. The maximum atomic E-state index is 10.8. The molecule has 0 aromatic rings. The Bertz CT molecular complexity index is 267. The summed E-state index contributed by atoms with van der Waals surface area (Å²) in [5.41, 5.74) is 0. The van der Waals surface area contributed by atoms with Gasteiger partial charge in [-0.15, -0.1) is 0 Å². The van der Waals surface area contributed by atoms with E-state index in [-0.39, 0.29) is 24.1 Å². The molecule has 0 radical (unpaired) electrons. The topological polar surface area (TPSA) is 98.0 Å². The van der Waals surface area contributed by atoms with Gasteiger partial charge in [-0.25, -0.2) is 0 Å². The molecule has 0 rings (SSSR count). The summed E-state index contributed by atoms with van der Waals surface area (Å²) in [5.74, 6) is -0.897. The maximum Gasteiger partial charge on any atom is 0.309 e. The largest absolute Gasteiger partial charge is 0.481 e. The number of rotatable bonds is 14. The van der Waals surface area contributed by atoms with Crippen molar-refractivity contribution in [2.45, 2.75) is 51.6 Å². The van der Waals surface area contributed by atoms with Gasteiger partial charge >= 0.3 is 5.97 Å². The Kier molecular flexibility index (Phi) is 11.5. The van der Waals surface area contributed by atoms with Gasteiger partial charge in [-0.2, -0.15) is 0 Å². The number of aliphatic hydroxyl groups is 3. The highest BCUT2D eigenvalue weighted by Crippen LogP contribution is 2.14. The van der Waals surface area contributed by atoms with E-state index in [1.165, 1.54) is 0 Å². The number of unbranched alkanes of at least 4 members (excludes halogenated alkanes) is 3. The molecule has 0 aromatic heterocycles. The molecule has 0 aliphatic heterocycles. The van der Waals surface area contributed by atoms with Crippen molar-refractivity contribution in [3.8, 4) is 0 Å². The first-order valence-electron chi connectivity index (χ1n) is 7.96. The lowest BCUT2D eigenvalue weighted by molar-refractivity contribution is -0.931. The number of hydrogen-bond donors (Lipinski definition) is 4. The quantitative estimate of drug-likeness (QED) is 0.278. The summed E-state index contributed by atoms with van der Waals surface area (Å²) < 4.78 is 0.258. The smallest absolute Gasteiger partial charge is 0.309 e. The molecule has 4 N–H and O–H groups in total. The molecule has 1 unspecified atom stereocenters. The van der Waals surface area contributed by atoms with Crippen molar-refractivity contribution in [1.82, 2.24) is 0 Å². The first-order chi connectivity index (χ1) is 9.99. The molecule has 6 nitrogen and oxygen atoms in total. The number of hydrogen-bond acceptors (Lipinski definition) is 4. The first kappa shape index (κ1) is 20.3. The molecule has 0 aromatic carbocycles. The summed E-state index contributed by atoms with van der Waals surface area (Å²) >= 11 is 0. The normalized spacial score (nSPS) is 13.3. The Hall–Kier alpha value is -0.690. The fraction of sp³-hybridized carbons (Fsp3) is 0.933. The zero-order chi connectivity index (χ0) is 16.1. The maximum absolute atomic E-state index is 10.8. The summed E-state index contributed by atoms with van der Waals surface area (Å²) in [5, 5.41) is 37.5. The summed E-state index contributed by atoms with van der Waals surface area (Å²) in [4.78, 5) is 10.8. The van der Waals surface area contributed by atoms with Gasteiger partial charge in [0.25, 0.3) is 0 Å². The van der Waals surface area contributed by atoms with Gasteiger partial charge in [0, 0.05) is 0 Å². The van der Waals surface area contributed by atoms with Crippen molar-refractivity contribution in [2.24, 2.45) is 0 Å². The molecular formula is C15H32NO5+. The minimum Gasteiger partial charge on any atom is -0.481 e. The second-order valence-corrected chi connectivity index (χ2v) is 5.79. The number of aliphatic hydroxyl groups excluding tert-OH is 3. The number of quaternary nitrogens is 1. The fourth-order valence-electron chi connectivity index (χ4n) is 2.71. The van der Waals surface area contributed by atoms with Crippen LogP contribution in [0, 0.1) is 0 Å². The molecule has 0 heterocycles. The van der Waals surface area contributed by atoms with Gasteiger partial charge in [-0.05, 0) is 6.42 Å². The molecule has 0 fully saturated rings. The van der Waals surface area contributed by atoms with Crippen molar-refractivity contribution >= 4 is 5.97 Å². The molecule has 0 aliphatic rings. The average molecular weight is 306 g/mol. The lowest BCUT2D eigenvalue weighted by atomic mass is 10.1. The average Bonchev–Trinajstić information content (AvgIpc) is 2.42. The summed E-state index contributed by atoms with van der Waals surface area (Å²) in [6.07, 6.45) is 4.47. The van der Waals surface area contributed by atoms with E-state index in [2.05, 4.69) is 6.92 Å². The highest BCUT2D eigenvalue weighted by atomic mass is 16.4. The lowest BCUT2D eigenvalue weighted by Crippen LogP contribution is -2.56. The predicted molar refractivity (Wildman–Crippen MR) is 80.9 cm³/mol. The third-order valence-corrected chi connectivity index (χ3v) is 3.94. The van der Waals surface area contributed by atoms with Gasteiger partial charge < -0.3 is 24.9 Å². The summed E-state index contributed by atoms with van der Waals surface area (Å²) in [6.45, 7) is 3.40. The van der Waals surface area contributed by atoms with Gasteiger partial charge in [0.05, 0.1) is 26.2 Å². The van der Waals surface area contributed by atoms with Crippen LogP contribution in [0.5, 0.6) is 0 Å². The lowest BCUT2D eigenvalue weighted by Gasteiger charge is -2.39. The van der Waals surface area contributed by atoms with Crippen LogP contribution in [0.4, 0.5) is 0 Å². The van der Waals surface area contributed by atoms with Crippen LogP contribution >= 0.6 is 0 Å². The number of nitrogens with zero attached hydrogens (tertiary/aromatic N) is 1. The van der Waals surface area contributed by atoms with Gasteiger partial charge in [0.1, 0.15) is 25.7 Å². The molecule has 1 atom stereocenters. The zero-order valence-corrected chi connectivity index (χ0v) is 13.2. The standard InChI is InChI=1S/C15H31NO5/c1-2-3-4-5-6-14(19)13-16(9-11-17,10-12-18)8-7-15(20)21/h14,17-19H,2-13H2,1H3/p+1. The van der Waals surface area contributed by atoms with Crippen LogP contribution < -0.4 is 0 Å². The molecule has 0 saturated heterocycles. The molecule has 0 amide bonds. The Labute approximate surface area is 127 Å². The van der Waals surface area contributed by atoms with E-state index in [0.29, 0.717) is 32.6 Å². The minimum atomic E-state index is -0.897. The van der Waals surface area contributed by atoms with Crippen molar-refractivity contribution in [3.63, 3.8) is 0 Å². The fourth-order valence-corrected chi connectivity index (χ4v) is 2.71. The summed E-state index contributed by atoms with van der Waals surface area (Å²) in [6, 6.07) is 0. The molecule has 0 bridgehead atoms. The van der Waals surface area contributed by atoms with E-state index < -0.39 is 12.1 Å². The third-order valence-electron chi connectivity index (χ3n) is 3.94. The highest BCUT2D eigenvalue weighted by molar-refractivity contribution is 5.66. The van der Waals surface area contributed by atoms with E-state index in [9.17, 15) is 20.1 Å². The van der Waals surface area contributed by atoms with Crippen LogP contribution in [0.15, 0.2) is 0 Å². The van der Waals surface area contributed by atoms with E-state index in [1.807, 2.05) is 0 Å². The Morgan fingerprint density at radius 3 is 2.14 bits per heavy atom. The first-order valence-corrected chi connectivity index (χ1v) is 7.96. The minimum absolute atomic E-state index is 0.0252. The Morgan fingerprint density at radius 2 is 1.67 bits per heavy atom. The van der Waals surface area contributed by atoms with Crippen molar-refractivity contribution in [1.29, 1.82) is 0 Å². The molecule has 0 spiro atoms. The zero-order valence-electron chi connectivity index (χ0n) is 13.2. The second kappa shape index (κ2) is 11.9. The molecule has 6 heteroatoms. The SMILES string of the molecule is CCCCCCC(O)C[N+](CCO)(CCO)CCC(=O)O. The Balaban J connectivity index is 4.49. The van der Waals surface area contributed by atoms with Crippen LogP contribution in [-0.4, -0.2) is 76.4 Å². The number of carboxylic acids is 1. The van der Waals surface area contributed by atoms with Crippen LogP contribution in [0.1, 0.15) is 45.4 Å². The molecule has 126 valence electrons. The van der Waals surface area contributed by atoms with E-state index in [0.717, 1.165) is 25.7 Å². The predicted octanol–water partition coefficient (Wildman–Crippen LogP) is 0.594. The molecule has 0 aliphatic carbocycles. The van der Waals surface area contributed by atoms with E-state index in [1.54, 1.807) is 0 Å². The second-order valence-electron chi connectivity index (χ2n) is 5.79. The van der Waals surface area contributed by atoms with Gasteiger partial charge in [-0.3, -0.25) is 4.79 Å².